The largest absolute Gasteiger partial charge is 0.460 e. The van der Waals surface area contributed by atoms with Crippen LogP contribution in [0.2, 0.25) is 0 Å². The predicted molar refractivity (Wildman–Crippen MR) is 172 cm³/mol. The van der Waals surface area contributed by atoms with E-state index in [4.69, 9.17) is 62.3 Å². The fourth-order valence-corrected chi connectivity index (χ4v) is 2.63. The summed E-state index contributed by atoms with van der Waals surface area (Å²) < 4.78 is 57.7. The van der Waals surface area contributed by atoms with Crippen molar-refractivity contribution in [1.82, 2.24) is 0 Å². The zero-order valence-electron chi connectivity index (χ0n) is 28.9. The van der Waals surface area contributed by atoms with Crippen LogP contribution in [0.1, 0.15) is 27.7 Å². The minimum absolute atomic E-state index is 0.00667. The molecule has 278 valence electrons. The third kappa shape index (κ3) is 40.1. The molecule has 0 heterocycles. The highest BCUT2D eigenvalue weighted by molar-refractivity contribution is 5.87. The Balaban J connectivity index is 0. The highest BCUT2D eigenvalue weighted by Crippen LogP contribution is 1.93. The molecule has 0 saturated heterocycles. The molecule has 0 aliphatic carbocycles. The molecule has 0 spiro atoms. The van der Waals surface area contributed by atoms with Crippen molar-refractivity contribution >= 4 is 11.9 Å². The van der Waals surface area contributed by atoms with Crippen LogP contribution in [0.15, 0.2) is 24.3 Å². The van der Waals surface area contributed by atoms with Gasteiger partial charge in [-0.2, -0.15) is 0 Å². The topological polar surface area (TPSA) is 176 Å². The summed E-state index contributed by atoms with van der Waals surface area (Å²) in [4.78, 5) is 22.3. The fraction of sp³-hybridized carbons (Fsp3) is 0.812. The van der Waals surface area contributed by atoms with E-state index in [1.54, 1.807) is 27.7 Å². The van der Waals surface area contributed by atoms with Crippen LogP contribution in [-0.4, -0.2) is 166 Å². The molecule has 2 N–H and O–H groups in total. The molecule has 0 bridgehead atoms. The summed E-state index contributed by atoms with van der Waals surface area (Å²) in [5.41, 5.74) is 0.733. The summed E-state index contributed by atoms with van der Waals surface area (Å²) in [6.45, 7) is 21.4. The lowest BCUT2D eigenvalue weighted by atomic mass is 10.4. The van der Waals surface area contributed by atoms with Crippen LogP contribution in [-0.2, 0) is 61.7 Å². The van der Waals surface area contributed by atoms with Crippen molar-refractivity contribution in [3.8, 4) is 0 Å². The Labute approximate surface area is 280 Å². The molecule has 0 aliphatic rings. The Morgan fingerprint density at radius 2 is 0.745 bits per heavy atom. The van der Waals surface area contributed by atoms with Crippen molar-refractivity contribution in [2.24, 2.45) is 0 Å². The maximum atomic E-state index is 11.2. The first-order chi connectivity index (χ1) is 22.6. The molecule has 0 amide bonds. The van der Waals surface area contributed by atoms with Crippen molar-refractivity contribution in [3.05, 3.63) is 24.3 Å². The van der Waals surface area contributed by atoms with E-state index in [0.717, 1.165) is 0 Å². The third-order valence-electron chi connectivity index (χ3n) is 5.10. The van der Waals surface area contributed by atoms with Crippen molar-refractivity contribution in [2.75, 3.05) is 132 Å². The van der Waals surface area contributed by atoms with E-state index in [1.165, 1.54) is 0 Å². The summed E-state index contributed by atoms with van der Waals surface area (Å²) in [5.74, 6) is -0.832. The van der Waals surface area contributed by atoms with Gasteiger partial charge in [0, 0.05) is 11.1 Å². The normalized spacial score (nSPS) is 12.1. The minimum Gasteiger partial charge on any atom is -0.460 e. The lowest BCUT2D eigenvalue weighted by Gasteiger charge is -2.10. The number of hydrogen-bond donors (Lipinski definition) is 2. The molecule has 15 nitrogen and oxygen atoms in total. The molecule has 0 aromatic rings. The predicted octanol–water partition coefficient (Wildman–Crippen LogP) is 1.12. The molecular formula is C32H60O15. The van der Waals surface area contributed by atoms with Crippen LogP contribution in [0.25, 0.3) is 0 Å². The maximum Gasteiger partial charge on any atom is 0.333 e. The average Bonchev–Trinajstić information content (AvgIpc) is 3.04. The van der Waals surface area contributed by atoms with Gasteiger partial charge >= 0.3 is 11.9 Å². The second-order valence-corrected chi connectivity index (χ2v) is 9.91. The van der Waals surface area contributed by atoms with Gasteiger partial charge in [-0.1, -0.05) is 13.2 Å². The molecule has 2 unspecified atom stereocenters. The smallest absolute Gasteiger partial charge is 0.333 e. The van der Waals surface area contributed by atoms with E-state index in [9.17, 15) is 9.59 Å². The van der Waals surface area contributed by atoms with Gasteiger partial charge in [-0.15, -0.1) is 0 Å². The Bertz CT molecular complexity index is 696. The molecule has 0 saturated carbocycles. The molecule has 15 heteroatoms. The van der Waals surface area contributed by atoms with Crippen LogP contribution in [0.5, 0.6) is 0 Å². The van der Waals surface area contributed by atoms with Crippen LogP contribution in [0.4, 0.5) is 0 Å². The molecule has 0 rings (SSSR count). The standard InChI is InChI=1S/C26H46O12.C6H14O3/c1-23(2)25(27)37-21-19-35-17-15-33-13-11-31-9-7-29-5-6-30-8-10-32-12-14-34-16-18-36-20-22-38-26(28)24(3)4;1-5(8)4-9-6(2)3-7/h1,3,5-22H2,2,4H3;5-8H,3-4H2,1-2H3. The number of ether oxygens (including phenoxy) is 11. The van der Waals surface area contributed by atoms with Crippen molar-refractivity contribution < 1.29 is 71.9 Å². The molecule has 0 fully saturated rings. The van der Waals surface area contributed by atoms with E-state index in [1.807, 2.05) is 0 Å². The number of rotatable bonds is 33. The zero-order chi connectivity index (χ0) is 35.4. The number of carbonyl (C=O) groups excluding carboxylic acids is 2. The van der Waals surface area contributed by atoms with Crippen molar-refractivity contribution in [3.63, 3.8) is 0 Å². The Kier molecular flexibility index (Phi) is 36.9. The quantitative estimate of drug-likeness (QED) is 0.0571. The lowest BCUT2D eigenvalue weighted by molar-refractivity contribution is -0.141. The number of carbonyl (C=O) groups is 2. The van der Waals surface area contributed by atoms with E-state index < -0.39 is 18.0 Å². The molecular weight excluding hydrogens is 624 g/mol. The van der Waals surface area contributed by atoms with Crippen LogP contribution < -0.4 is 0 Å². The minimum atomic E-state index is -0.445. The molecule has 0 aromatic carbocycles. The van der Waals surface area contributed by atoms with Gasteiger partial charge in [-0.05, 0) is 27.7 Å². The maximum absolute atomic E-state index is 11.2. The molecule has 0 radical (unpaired) electrons. The molecule has 0 aliphatic heterocycles. The van der Waals surface area contributed by atoms with Crippen molar-refractivity contribution in [2.45, 2.75) is 39.9 Å². The van der Waals surface area contributed by atoms with Crippen molar-refractivity contribution in [1.29, 1.82) is 0 Å². The number of hydrogen-bond acceptors (Lipinski definition) is 15. The second-order valence-electron chi connectivity index (χ2n) is 9.91. The van der Waals surface area contributed by atoms with Gasteiger partial charge < -0.3 is 62.3 Å². The summed E-state index contributed by atoms with van der Waals surface area (Å²) in [6, 6.07) is 0. The SMILES string of the molecule is C=C(C)C(=O)OCCOCCOCCOCCOCCOCCOCCOCCOCCOC(=O)C(=C)C.CC(O)COC(C)CO. The summed E-state index contributed by atoms with van der Waals surface area (Å²) in [7, 11) is 0. The Hall–Kier alpha value is -2.02. The fourth-order valence-electron chi connectivity index (χ4n) is 2.63. The van der Waals surface area contributed by atoms with Crippen LogP contribution in [0.3, 0.4) is 0 Å². The Morgan fingerprint density at radius 1 is 0.511 bits per heavy atom. The summed E-state index contributed by atoms with van der Waals surface area (Å²) >= 11 is 0. The number of aliphatic hydroxyl groups is 2. The molecule has 2 atom stereocenters. The highest BCUT2D eigenvalue weighted by atomic mass is 16.6. The van der Waals surface area contributed by atoms with Crippen LogP contribution in [0, 0.1) is 0 Å². The van der Waals surface area contributed by atoms with Gasteiger partial charge in [0.05, 0.1) is 131 Å². The first-order valence-corrected chi connectivity index (χ1v) is 15.8. The van der Waals surface area contributed by atoms with Crippen LogP contribution >= 0.6 is 0 Å². The van der Waals surface area contributed by atoms with Gasteiger partial charge in [-0.3, -0.25) is 0 Å². The first-order valence-electron chi connectivity index (χ1n) is 15.8. The van der Waals surface area contributed by atoms with E-state index in [2.05, 4.69) is 13.2 Å². The van der Waals surface area contributed by atoms with E-state index in [-0.39, 0.29) is 25.9 Å². The monoisotopic (exact) mass is 684 g/mol. The summed E-state index contributed by atoms with van der Waals surface area (Å²) in [6.07, 6.45) is -0.612. The van der Waals surface area contributed by atoms with Gasteiger partial charge in [0.15, 0.2) is 0 Å². The van der Waals surface area contributed by atoms with E-state index in [0.29, 0.717) is 123 Å². The van der Waals surface area contributed by atoms with E-state index >= 15 is 0 Å². The van der Waals surface area contributed by atoms with Gasteiger partial charge in [0.2, 0.25) is 0 Å². The number of aliphatic hydroxyl groups excluding tert-OH is 2. The Morgan fingerprint density at radius 3 is 0.936 bits per heavy atom. The molecule has 0 aromatic heterocycles. The van der Waals surface area contributed by atoms with Gasteiger partial charge in [0.25, 0.3) is 0 Å². The highest BCUT2D eigenvalue weighted by Gasteiger charge is 2.03. The van der Waals surface area contributed by atoms with Gasteiger partial charge in [-0.25, -0.2) is 9.59 Å². The second kappa shape index (κ2) is 36.8. The lowest BCUT2D eigenvalue weighted by Crippen LogP contribution is -2.19. The first kappa shape index (κ1) is 47.1. The average molecular weight is 685 g/mol. The third-order valence-corrected chi connectivity index (χ3v) is 5.10. The molecule has 47 heavy (non-hydrogen) atoms. The van der Waals surface area contributed by atoms with Gasteiger partial charge in [0.1, 0.15) is 13.2 Å². The number of esters is 2. The summed E-state index contributed by atoms with van der Waals surface area (Å²) in [5, 5.41) is 17.1. The zero-order valence-corrected chi connectivity index (χ0v) is 28.9.